The summed E-state index contributed by atoms with van der Waals surface area (Å²) in [4.78, 5) is 17.2. The lowest BCUT2D eigenvalue weighted by atomic mass is 10.1. The van der Waals surface area contributed by atoms with Gasteiger partial charge in [0.05, 0.1) is 28.2 Å². The Labute approximate surface area is 205 Å². The molecule has 0 atom stereocenters. The number of aryl methyl sites for hydroxylation is 4. The van der Waals surface area contributed by atoms with Crippen LogP contribution in [-0.2, 0) is 13.0 Å². The Bertz CT molecular complexity index is 1280. The maximum Gasteiger partial charge on any atom is 0.252 e. The number of ether oxygens (including phenoxy) is 1. The molecule has 34 heavy (non-hydrogen) atoms. The molecule has 1 aromatic heterocycles. The Kier molecular flexibility index (Phi) is 7.86. The Morgan fingerprint density at radius 2 is 1.82 bits per heavy atom. The first-order chi connectivity index (χ1) is 16.5. The highest BCUT2D eigenvalue weighted by Crippen LogP contribution is 2.21. The summed E-state index contributed by atoms with van der Waals surface area (Å²) in [6.07, 6.45) is 2.44. The molecule has 0 aliphatic heterocycles. The van der Waals surface area contributed by atoms with Crippen molar-refractivity contribution in [3.05, 3.63) is 94.3 Å². The van der Waals surface area contributed by atoms with Gasteiger partial charge in [-0.15, -0.1) is 0 Å². The standard InChI is InChI=1S/C28H30ClN3O2/c1-20-14-15-21(2)26(19-20)34-18-8-17-32-25-12-6-5-11-24(25)31-27(32)13-7-16-30-28(33)22-9-3-4-10-23(22)29/h3-6,9-12,14-15,19H,7-8,13,16-18H2,1-2H3,(H,30,33). The summed E-state index contributed by atoms with van der Waals surface area (Å²) in [5.74, 6) is 1.83. The Morgan fingerprint density at radius 3 is 2.68 bits per heavy atom. The molecule has 1 heterocycles. The first kappa shape index (κ1) is 23.8. The fourth-order valence-electron chi connectivity index (χ4n) is 4.02. The molecular weight excluding hydrogens is 446 g/mol. The number of rotatable bonds is 10. The number of nitrogens with zero attached hydrogens (tertiary/aromatic N) is 2. The van der Waals surface area contributed by atoms with E-state index >= 15 is 0 Å². The predicted molar refractivity (Wildman–Crippen MR) is 138 cm³/mol. The van der Waals surface area contributed by atoms with Crippen LogP contribution in [0.3, 0.4) is 0 Å². The van der Waals surface area contributed by atoms with Gasteiger partial charge in [-0.2, -0.15) is 0 Å². The fraction of sp³-hybridized carbons (Fsp3) is 0.286. The minimum absolute atomic E-state index is 0.150. The zero-order valence-electron chi connectivity index (χ0n) is 19.7. The summed E-state index contributed by atoms with van der Waals surface area (Å²) in [6.45, 7) is 6.17. The van der Waals surface area contributed by atoms with Crippen molar-refractivity contribution in [3.63, 3.8) is 0 Å². The molecular formula is C28H30ClN3O2. The first-order valence-electron chi connectivity index (χ1n) is 11.7. The molecule has 6 heteroatoms. The summed E-state index contributed by atoms with van der Waals surface area (Å²) >= 11 is 6.13. The molecule has 0 saturated carbocycles. The summed E-state index contributed by atoms with van der Waals surface area (Å²) < 4.78 is 8.33. The van der Waals surface area contributed by atoms with Crippen molar-refractivity contribution in [2.45, 2.75) is 39.7 Å². The molecule has 1 N–H and O–H groups in total. The van der Waals surface area contributed by atoms with Gasteiger partial charge in [0.1, 0.15) is 11.6 Å². The van der Waals surface area contributed by atoms with Gasteiger partial charge in [0.15, 0.2) is 0 Å². The van der Waals surface area contributed by atoms with E-state index < -0.39 is 0 Å². The lowest BCUT2D eigenvalue weighted by Gasteiger charge is -2.12. The molecule has 0 saturated heterocycles. The number of carbonyl (C=O) groups is 1. The third-order valence-corrected chi connectivity index (χ3v) is 6.17. The number of nitrogens with one attached hydrogen (secondary N) is 1. The highest BCUT2D eigenvalue weighted by molar-refractivity contribution is 6.33. The van der Waals surface area contributed by atoms with Gasteiger partial charge in [0, 0.05) is 19.5 Å². The van der Waals surface area contributed by atoms with Gasteiger partial charge in [-0.1, -0.05) is 48.0 Å². The number of benzene rings is 3. The van der Waals surface area contributed by atoms with E-state index in [2.05, 4.69) is 48.0 Å². The quantitative estimate of drug-likeness (QED) is 0.280. The van der Waals surface area contributed by atoms with Crippen LogP contribution in [0.25, 0.3) is 11.0 Å². The number of hydrogen-bond donors (Lipinski definition) is 1. The van der Waals surface area contributed by atoms with E-state index in [4.69, 9.17) is 21.3 Å². The molecule has 176 valence electrons. The van der Waals surface area contributed by atoms with Crippen molar-refractivity contribution in [2.75, 3.05) is 13.2 Å². The topological polar surface area (TPSA) is 56.1 Å². The van der Waals surface area contributed by atoms with Gasteiger partial charge in [-0.05, 0) is 68.1 Å². The van der Waals surface area contributed by atoms with Gasteiger partial charge in [-0.25, -0.2) is 4.98 Å². The van der Waals surface area contributed by atoms with E-state index in [1.165, 1.54) is 5.56 Å². The molecule has 0 aliphatic rings. The highest BCUT2D eigenvalue weighted by Gasteiger charge is 2.12. The minimum Gasteiger partial charge on any atom is -0.493 e. The van der Waals surface area contributed by atoms with E-state index in [1.54, 1.807) is 12.1 Å². The van der Waals surface area contributed by atoms with Crippen LogP contribution < -0.4 is 10.1 Å². The van der Waals surface area contributed by atoms with Crippen LogP contribution in [-0.4, -0.2) is 28.6 Å². The lowest BCUT2D eigenvalue weighted by Crippen LogP contribution is -2.25. The molecule has 0 fully saturated rings. The Morgan fingerprint density at radius 1 is 1.03 bits per heavy atom. The number of carbonyl (C=O) groups excluding carboxylic acids is 1. The van der Waals surface area contributed by atoms with E-state index in [9.17, 15) is 4.79 Å². The number of aromatic nitrogens is 2. The normalized spacial score (nSPS) is 11.0. The van der Waals surface area contributed by atoms with Crippen LogP contribution in [0.2, 0.25) is 5.02 Å². The smallest absolute Gasteiger partial charge is 0.252 e. The second-order valence-corrected chi connectivity index (χ2v) is 8.89. The summed E-state index contributed by atoms with van der Waals surface area (Å²) in [5, 5.41) is 3.43. The molecule has 0 radical (unpaired) electrons. The number of hydrogen-bond acceptors (Lipinski definition) is 3. The Balaban J connectivity index is 1.35. The van der Waals surface area contributed by atoms with Crippen molar-refractivity contribution < 1.29 is 9.53 Å². The van der Waals surface area contributed by atoms with Crippen molar-refractivity contribution in [1.82, 2.24) is 14.9 Å². The van der Waals surface area contributed by atoms with Crippen molar-refractivity contribution >= 4 is 28.5 Å². The maximum absolute atomic E-state index is 12.4. The van der Waals surface area contributed by atoms with Gasteiger partial charge < -0.3 is 14.6 Å². The van der Waals surface area contributed by atoms with E-state index in [0.29, 0.717) is 23.7 Å². The van der Waals surface area contributed by atoms with Gasteiger partial charge in [-0.3, -0.25) is 4.79 Å². The van der Waals surface area contributed by atoms with Gasteiger partial charge in [0.2, 0.25) is 0 Å². The molecule has 4 aromatic rings. The maximum atomic E-state index is 12.4. The molecule has 5 nitrogen and oxygen atoms in total. The number of imidazole rings is 1. The molecule has 3 aromatic carbocycles. The third kappa shape index (κ3) is 5.78. The number of para-hydroxylation sites is 2. The average molecular weight is 476 g/mol. The number of amides is 1. The minimum atomic E-state index is -0.150. The zero-order valence-corrected chi connectivity index (χ0v) is 20.4. The average Bonchev–Trinajstić information content (AvgIpc) is 3.19. The van der Waals surface area contributed by atoms with Crippen LogP contribution >= 0.6 is 11.6 Å². The van der Waals surface area contributed by atoms with Crippen LogP contribution in [0.15, 0.2) is 66.7 Å². The predicted octanol–water partition coefficient (Wildman–Crippen LogP) is 6.14. The molecule has 0 aliphatic carbocycles. The van der Waals surface area contributed by atoms with Crippen LogP contribution in [0.1, 0.15) is 40.2 Å². The van der Waals surface area contributed by atoms with E-state index in [1.807, 2.05) is 30.3 Å². The van der Waals surface area contributed by atoms with Crippen LogP contribution in [0.4, 0.5) is 0 Å². The number of fused-ring (bicyclic) bond motifs is 1. The van der Waals surface area contributed by atoms with Crippen molar-refractivity contribution in [1.29, 1.82) is 0 Å². The Hall–Kier alpha value is -3.31. The molecule has 4 rings (SSSR count). The SMILES string of the molecule is Cc1ccc(C)c(OCCCn2c(CCCNC(=O)c3ccccc3Cl)nc3ccccc32)c1. The number of halogens is 1. The van der Waals surface area contributed by atoms with Gasteiger partial charge in [0.25, 0.3) is 5.91 Å². The highest BCUT2D eigenvalue weighted by atomic mass is 35.5. The molecule has 0 spiro atoms. The fourth-order valence-corrected chi connectivity index (χ4v) is 4.24. The third-order valence-electron chi connectivity index (χ3n) is 5.84. The second-order valence-electron chi connectivity index (χ2n) is 8.48. The van der Waals surface area contributed by atoms with E-state index in [0.717, 1.165) is 54.0 Å². The second kappa shape index (κ2) is 11.2. The lowest BCUT2D eigenvalue weighted by molar-refractivity contribution is 0.0953. The van der Waals surface area contributed by atoms with Crippen LogP contribution in [0.5, 0.6) is 5.75 Å². The van der Waals surface area contributed by atoms with E-state index in [-0.39, 0.29) is 5.91 Å². The van der Waals surface area contributed by atoms with Crippen molar-refractivity contribution in [2.24, 2.45) is 0 Å². The first-order valence-corrected chi connectivity index (χ1v) is 12.1. The largest absolute Gasteiger partial charge is 0.493 e. The van der Waals surface area contributed by atoms with Gasteiger partial charge >= 0.3 is 0 Å². The summed E-state index contributed by atoms with van der Waals surface area (Å²) in [7, 11) is 0. The van der Waals surface area contributed by atoms with Crippen LogP contribution in [0, 0.1) is 13.8 Å². The monoisotopic (exact) mass is 475 g/mol. The van der Waals surface area contributed by atoms with Crippen molar-refractivity contribution in [3.8, 4) is 5.75 Å². The molecule has 0 bridgehead atoms. The molecule has 1 amide bonds. The summed E-state index contributed by atoms with van der Waals surface area (Å²) in [6, 6.07) is 21.6. The summed E-state index contributed by atoms with van der Waals surface area (Å²) in [5.41, 5.74) is 4.97. The molecule has 0 unspecified atom stereocenters. The zero-order chi connectivity index (χ0) is 23.9.